The molecule has 5 rings (SSSR count). The fraction of sp³-hybridized carbons (Fsp3) is 0.333. The first kappa shape index (κ1) is 30.7. The first-order valence-electron chi connectivity index (χ1n) is 13.8. The van der Waals surface area contributed by atoms with Gasteiger partial charge in [0.2, 0.25) is 5.76 Å². The second kappa shape index (κ2) is 12.9. The van der Waals surface area contributed by atoms with Crippen LogP contribution >= 0.6 is 0 Å². The van der Waals surface area contributed by atoms with Gasteiger partial charge in [-0.2, -0.15) is 13.2 Å². The van der Waals surface area contributed by atoms with Crippen LogP contribution in [0.4, 0.5) is 23.2 Å². The van der Waals surface area contributed by atoms with Gasteiger partial charge in [0.05, 0.1) is 29.6 Å². The maximum absolute atomic E-state index is 14.8. The molecule has 1 aliphatic heterocycles. The molecule has 1 saturated heterocycles. The van der Waals surface area contributed by atoms with Crippen molar-refractivity contribution in [3.8, 4) is 0 Å². The van der Waals surface area contributed by atoms with Crippen LogP contribution in [-0.4, -0.2) is 65.3 Å². The topological polar surface area (TPSA) is 119 Å². The van der Waals surface area contributed by atoms with E-state index in [0.717, 1.165) is 0 Å². The summed E-state index contributed by atoms with van der Waals surface area (Å²) >= 11 is 0. The van der Waals surface area contributed by atoms with Gasteiger partial charge in [0.1, 0.15) is 5.82 Å². The number of benzene rings is 2. The number of carbonyl (C=O) groups is 3. The van der Waals surface area contributed by atoms with Gasteiger partial charge in [0.15, 0.2) is 0 Å². The van der Waals surface area contributed by atoms with Crippen molar-refractivity contribution >= 4 is 34.3 Å². The highest BCUT2D eigenvalue weighted by Crippen LogP contribution is 2.34. The molecule has 0 bridgehead atoms. The van der Waals surface area contributed by atoms with E-state index in [0.29, 0.717) is 72.4 Å². The summed E-state index contributed by atoms with van der Waals surface area (Å²) in [6.07, 6.45) is -1.11. The van der Waals surface area contributed by atoms with Gasteiger partial charge in [-0.3, -0.25) is 14.4 Å². The standard InChI is InChI=1S/C30H29F4N5O5/c1-43-14-13-39-17-21(26-23(3-2-4-24(26)39)37-27(40)25-7-10-36-44-25)28(41)38-11-8-19(9-12-38)20-15-18(5-6-22(20)31)16-35-29(42)30(32,33)34/h2-7,10,15,17,19H,8-9,11-14,16H2,1H3,(H,35,42)(H,37,40). The number of methoxy groups -OCH3 is 1. The van der Waals surface area contributed by atoms with Crippen LogP contribution in [-0.2, 0) is 22.6 Å². The molecule has 2 aromatic heterocycles. The van der Waals surface area contributed by atoms with Crippen molar-refractivity contribution in [2.24, 2.45) is 0 Å². The second-order valence-corrected chi connectivity index (χ2v) is 10.4. The van der Waals surface area contributed by atoms with E-state index in [2.05, 4.69) is 10.5 Å². The van der Waals surface area contributed by atoms with E-state index < -0.39 is 30.4 Å². The van der Waals surface area contributed by atoms with Gasteiger partial charge < -0.3 is 29.4 Å². The van der Waals surface area contributed by atoms with Crippen molar-refractivity contribution in [3.63, 3.8) is 0 Å². The van der Waals surface area contributed by atoms with Gasteiger partial charge in [-0.05, 0) is 48.1 Å². The highest BCUT2D eigenvalue weighted by atomic mass is 19.4. The zero-order valence-electron chi connectivity index (χ0n) is 23.6. The summed E-state index contributed by atoms with van der Waals surface area (Å²) in [5.74, 6) is -3.64. The summed E-state index contributed by atoms with van der Waals surface area (Å²) < 4.78 is 64.5. The van der Waals surface area contributed by atoms with Gasteiger partial charge in [0.25, 0.3) is 11.8 Å². The van der Waals surface area contributed by atoms with Crippen LogP contribution in [0.3, 0.4) is 0 Å². The number of fused-ring (bicyclic) bond motifs is 1. The smallest absolute Gasteiger partial charge is 0.383 e. The largest absolute Gasteiger partial charge is 0.471 e. The number of likely N-dealkylation sites (tertiary alicyclic amines) is 1. The Kier molecular flexibility index (Phi) is 8.99. The van der Waals surface area contributed by atoms with Gasteiger partial charge in [-0.25, -0.2) is 4.39 Å². The van der Waals surface area contributed by atoms with E-state index in [9.17, 15) is 31.9 Å². The number of halogens is 4. The van der Waals surface area contributed by atoms with Crippen LogP contribution in [0, 0.1) is 5.82 Å². The number of rotatable bonds is 9. The summed E-state index contributed by atoms with van der Waals surface area (Å²) in [5, 5.41) is 8.70. The van der Waals surface area contributed by atoms with Crippen LogP contribution in [0.5, 0.6) is 0 Å². The SMILES string of the molecule is COCCn1cc(C(=O)N2CCC(c3cc(CNC(=O)C(F)(F)F)ccc3F)CC2)c2c(NC(=O)c3ccno3)cccc21. The molecule has 0 saturated carbocycles. The zero-order chi connectivity index (χ0) is 31.4. The summed E-state index contributed by atoms with van der Waals surface area (Å²) in [5.41, 5.74) is 2.16. The lowest BCUT2D eigenvalue weighted by molar-refractivity contribution is -0.173. The molecule has 44 heavy (non-hydrogen) atoms. The van der Waals surface area contributed by atoms with Gasteiger partial charge in [-0.1, -0.05) is 23.4 Å². The Morgan fingerprint density at radius 1 is 1.11 bits per heavy atom. The number of ether oxygens (including phenoxy) is 1. The molecule has 3 heterocycles. The fourth-order valence-corrected chi connectivity index (χ4v) is 5.37. The molecule has 1 fully saturated rings. The highest BCUT2D eigenvalue weighted by molar-refractivity contribution is 6.15. The summed E-state index contributed by atoms with van der Waals surface area (Å²) in [6, 6.07) is 10.7. The molecule has 2 N–H and O–H groups in total. The Morgan fingerprint density at radius 3 is 2.57 bits per heavy atom. The Hall–Kier alpha value is -4.72. The summed E-state index contributed by atoms with van der Waals surface area (Å²) in [6.45, 7) is 1.05. The molecule has 4 aromatic rings. The molecule has 0 aliphatic carbocycles. The number of nitrogens with zero attached hydrogens (tertiary/aromatic N) is 3. The normalized spacial score (nSPS) is 14.2. The first-order valence-corrected chi connectivity index (χ1v) is 13.8. The number of hydrogen-bond acceptors (Lipinski definition) is 6. The minimum absolute atomic E-state index is 0.00908. The molecule has 0 radical (unpaired) electrons. The van der Waals surface area contributed by atoms with Crippen LogP contribution < -0.4 is 10.6 Å². The maximum Gasteiger partial charge on any atom is 0.471 e. The average Bonchev–Trinajstić information content (AvgIpc) is 3.68. The van der Waals surface area contributed by atoms with E-state index in [1.54, 1.807) is 35.7 Å². The minimum atomic E-state index is -5.01. The third kappa shape index (κ3) is 6.59. The lowest BCUT2D eigenvalue weighted by Gasteiger charge is -2.32. The zero-order valence-corrected chi connectivity index (χ0v) is 23.6. The molecular formula is C30H29F4N5O5. The third-order valence-corrected chi connectivity index (χ3v) is 7.58. The number of carbonyl (C=O) groups excluding carboxylic acids is 3. The van der Waals surface area contributed by atoms with Crippen molar-refractivity contribution in [1.82, 2.24) is 19.9 Å². The van der Waals surface area contributed by atoms with E-state index in [1.807, 2.05) is 10.6 Å². The van der Waals surface area contributed by atoms with Crippen molar-refractivity contribution in [3.05, 3.63) is 83.1 Å². The molecule has 0 atom stereocenters. The second-order valence-electron chi connectivity index (χ2n) is 10.4. The summed E-state index contributed by atoms with van der Waals surface area (Å²) in [4.78, 5) is 39.5. The van der Waals surface area contributed by atoms with Gasteiger partial charge in [-0.15, -0.1) is 0 Å². The number of alkyl halides is 3. The predicted octanol–water partition coefficient (Wildman–Crippen LogP) is 4.87. The van der Waals surface area contributed by atoms with Crippen molar-refractivity contribution in [2.45, 2.75) is 38.0 Å². The van der Waals surface area contributed by atoms with E-state index in [4.69, 9.17) is 9.26 Å². The number of amides is 3. The van der Waals surface area contributed by atoms with Crippen molar-refractivity contribution in [2.75, 3.05) is 32.1 Å². The first-order chi connectivity index (χ1) is 21.1. The van der Waals surface area contributed by atoms with E-state index in [-0.39, 0.29) is 17.6 Å². The number of aromatic nitrogens is 2. The van der Waals surface area contributed by atoms with Crippen LogP contribution in [0.2, 0.25) is 0 Å². The molecule has 0 spiro atoms. The number of anilines is 1. The summed E-state index contributed by atoms with van der Waals surface area (Å²) in [7, 11) is 1.57. The third-order valence-electron chi connectivity index (χ3n) is 7.58. The van der Waals surface area contributed by atoms with Crippen LogP contribution in [0.1, 0.15) is 50.8 Å². The Labute approximate surface area is 248 Å². The number of hydrogen-bond donors (Lipinski definition) is 2. The molecule has 3 amide bonds. The molecule has 0 unspecified atom stereocenters. The molecular weight excluding hydrogens is 586 g/mol. The Morgan fingerprint density at radius 2 is 1.89 bits per heavy atom. The lowest BCUT2D eigenvalue weighted by atomic mass is 9.88. The molecule has 1 aliphatic rings. The van der Waals surface area contributed by atoms with Crippen LogP contribution in [0.15, 0.2) is 59.4 Å². The lowest BCUT2D eigenvalue weighted by Crippen LogP contribution is -2.38. The quantitative estimate of drug-likeness (QED) is 0.260. The fourth-order valence-electron chi connectivity index (χ4n) is 5.37. The molecule has 2 aromatic carbocycles. The minimum Gasteiger partial charge on any atom is -0.383 e. The van der Waals surface area contributed by atoms with Crippen LogP contribution in [0.25, 0.3) is 10.9 Å². The molecule has 10 nitrogen and oxygen atoms in total. The molecule has 14 heteroatoms. The monoisotopic (exact) mass is 615 g/mol. The predicted molar refractivity (Wildman–Crippen MR) is 150 cm³/mol. The molecule has 232 valence electrons. The Bertz CT molecular complexity index is 1660. The Balaban J connectivity index is 1.34. The van der Waals surface area contributed by atoms with Crippen molar-refractivity contribution in [1.29, 1.82) is 0 Å². The number of piperidine rings is 1. The van der Waals surface area contributed by atoms with Gasteiger partial charge >= 0.3 is 12.1 Å². The van der Waals surface area contributed by atoms with E-state index >= 15 is 0 Å². The maximum atomic E-state index is 14.8. The van der Waals surface area contributed by atoms with Crippen molar-refractivity contribution < 1.29 is 41.2 Å². The van der Waals surface area contributed by atoms with E-state index in [1.165, 1.54) is 30.5 Å². The van der Waals surface area contributed by atoms with Gasteiger partial charge in [0, 0.05) is 50.9 Å². The average molecular weight is 616 g/mol. The number of nitrogens with one attached hydrogen (secondary N) is 2. The highest BCUT2D eigenvalue weighted by Gasteiger charge is 2.38.